The Bertz CT molecular complexity index is 449. The third kappa shape index (κ3) is 2.15. The van der Waals surface area contributed by atoms with Crippen molar-refractivity contribution in [3.63, 3.8) is 0 Å². The van der Waals surface area contributed by atoms with Gasteiger partial charge in [0.05, 0.1) is 5.38 Å². The monoisotopic (exact) mass is 316 g/mol. The molecule has 1 aromatic carbocycles. The van der Waals surface area contributed by atoms with Crippen molar-refractivity contribution in [2.75, 3.05) is 13.2 Å². The maximum absolute atomic E-state index is 6.52. The van der Waals surface area contributed by atoms with E-state index in [-0.39, 0.29) is 5.38 Å². The van der Waals surface area contributed by atoms with E-state index in [2.05, 4.69) is 22.9 Å². The second kappa shape index (κ2) is 4.36. The number of fused-ring (bicyclic) bond motifs is 1. The van der Waals surface area contributed by atoms with Crippen LogP contribution in [-0.2, 0) is 0 Å². The van der Waals surface area contributed by atoms with Crippen LogP contribution in [0.2, 0.25) is 0 Å². The van der Waals surface area contributed by atoms with Crippen LogP contribution in [-0.4, -0.2) is 13.2 Å². The van der Waals surface area contributed by atoms with Gasteiger partial charge in [0.2, 0.25) is 0 Å². The molecule has 1 saturated carbocycles. The van der Waals surface area contributed by atoms with Crippen molar-refractivity contribution < 1.29 is 9.47 Å². The fourth-order valence-electron chi connectivity index (χ4n) is 2.28. The largest absolute Gasteiger partial charge is 0.486 e. The van der Waals surface area contributed by atoms with Crippen molar-refractivity contribution in [1.82, 2.24) is 0 Å². The minimum absolute atomic E-state index is 0.0650. The summed E-state index contributed by atoms with van der Waals surface area (Å²) < 4.78 is 12.1. The van der Waals surface area contributed by atoms with Crippen molar-refractivity contribution in [2.45, 2.75) is 18.7 Å². The van der Waals surface area contributed by atoms with Crippen LogP contribution < -0.4 is 9.47 Å². The summed E-state index contributed by atoms with van der Waals surface area (Å²) in [5.41, 5.74) is 1.12. The zero-order valence-electron chi connectivity index (χ0n) is 9.58. The molecule has 1 heterocycles. The van der Waals surface area contributed by atoms with Gasteiger partial charge in [-0.3, -0.25) is 0 Å². The molecule has 17 heavy (non-hydrogen) atoms. The second-order valence-corrected chi connectivity index (χ2v) is 6.12. The zero-order chi connectivity index (χ0) is 12.0. The molecule has 0 amide bonds. The first-order chi connectivity index (χ1) is 8.16. The fraction of sp³-hybridized carbons (Fsp3) is 0.538. The van der Waals surface area contributed by atoms with Gasteiger partial charge in [-0.05, 0) is 36.0 Å². The highest BCUT2D eigenvalue weighted by Crippen LogP contribution is 2.52. The van der Waals surface area contributed by atoms with Crippen LogP contribution in [0.15, 0.2) is 16.6 Å². The molecule has 92 valence electrons. The number of rotatable bonds is 2. The van der Waals surface area contributed by atoms with Crippen molar-refractivity contribution in [3.05, 3.63) is 22.2 Å². The highest BCUT2D eigenvalue weighted by Gasteiger charge is 2.40. The molecule has 0 saturated heterocycles. The Labute approximate surface area is 114 Å². The molecule has 0 bridgehead atoms. The highest BCUT2D eigenvalue weighted by atomic mass is 79.9. The summed E-state index contributed by atoms with van der Waals surface area (Å²) in [5.74, 6) is 2.95. The van der Waals surface area contributed by atoms with E-state index in [1.54, 1.807) is 0 Å². The average molecular weight is 318 g/mol. The third-order valence-corrected chi connectivity index (χ3v) is 4.75. The van der Waals surface area contributed by atoms with Crippen LogP contribution in [0.25, 0.3) is 0 Å². The van der Waals surface area contributed by atoms with Gasteiger partial charge in [-0.25, -0.2) is 0 Å². The number of benzene rings is 1. The number of halogens is 2. The van der Waals surface area contributed by atoms with Crippen molar-refractivity contribution >= 4 is 27.5 Å². The first kappa shape index (κ1) is 11.7. The van der Waals surface area contributed by atoms with Gasteiger partial charge in [0.15, 0.2) is 11.5 Å². The van der Waals surface area contributed by atoms with Gasteiger partial charge >= 0.3 is 0 Å². The topological polar surface area (TPSA) is 18.5 Å². The molecule has 2 aliphatic rings. The van der Waals surface area contributed by atoms with E-state index in [1.807, 2.05) is 12.1 Å². The molecule has 0 N–H and O–H groups in total. The Balaban J connectivity index is 1.93. The summed E-state index contributed by atoms with van der Waals surface area (Å²) in [4.78, 5) is 0. The first-order valence-electron chi connectivity index (χ1n) is 5.90. The van der Waals surface area contributed by atoms with Gasteiger partial charge in [0.25, 0.3) is 0 Å². The smallest absolute Gasteiger partial charge is 0.162 e. The van der Waals surface area contributed by atoms with Gasteiger partial charge in [-0.1, -0.05) is 22.9 Å². The van der Waals surface area contributed by atoms with Crippen LogP contribution in [0.5, 0.6) is 11.5 Å². The van der Waals surface area contributed by atoms with Crippen molar-refractivity contribution in [3.8, 4) is 11.5 Å². The van der Waals surface area contributed by atoms with Crippen LogP contribution in [0.1, 0.15) is 24.3 Å². The standard InChI is InChI=1S/C13H14BrClO2/c1-7-4-8(7)13(15)9-5-11-12(6-10(9)14)17-3-2-16-11/h5-8,13H,2-4H2,1H3. The lowest BCUT2D eigenvalue weighted by Gasteiger charge is -2.21. The SMILES string of the molecule is CC1CC1C(Cl)c1cc2c(cc1Br)OCCO2. The quantitative estimate of drug-likeness (QED) is 0.763. The molecular formula is C13H14BrClO2. The minimum atomic E-state index is 0.0650. The Morgan fingerprint density at radius 2 is 1.88 bits per heavy atom. The molecule has 3 atom stereocenters. The number of hydrogen-bond donors (Lipinski definition) is 0. The molecule has 2 nitrogen and oxygen atoms in total. The zero-order valence-corrected chi connectivity index (χ0v) is 11.9. The fourth-order valence-corrected chi connectivity index (χ4v) is 3.51. The van der Waals surface area contributed by atoms with Gasteiger partial charge < -0.3 is 9.47 Å². The number of hydrogen-bond acceptors (Lipinski definition) is 2. The number of alkyl halides is 1. The Hall–Kier alpha value is -0.410. The Kier molecular flexibility index (Phi) is 2.99. The summed E-state index contributed by atoms with van der Waals surface area (Å²) >= 11 is 10.1. The van der Waals surface area contributed by atoms with Crippen LogP contribution in [0.4, 0.5) is 0 Å². The minimum Gasteiger partial charge on any atom is -0.486 e. The summed E-state index contributed by atoms with van der Waals surface area (Å²) in [6, 6.07) is 3.98. The van der Waals surface area contributed by atoms with E-state index in [4.69, 9.17) is 21.1 Å². The van der Waals surface area contributed by atoms with Gasteiger partial charge in [0.1, 0.15) is 13.2 Å². The molecule has 1 aliphatic carbocycles. The molecule has 1 aliphatic heterocycles. The van der Waals surface area contributed by atoms with E-state index in [9.17, 15) is 0 Å². The van der Waals surface area contributed by atoms with E-state index in [0.29, 0.717) is 19.1 Å². The van der Waals surface area contributed by atoms with E-state index >= 15 is 0 Å². The predicted molar refractivity (Wildman–Crippen MR) is 71.0 cm³/mol. The lowest BCUT2D eigenvalue weighted by molar-refractivity contribution is 0.171. The van der Waals surface area contributed by atoms with Gasteiger partial charge in [-0.15, -0.1) is 11.6 Å². The average Bonchev–Trinajstić information content (AvgIpc) is 3.05. The van der Waals surface area contributed by atoms with Crippen LogP contribution >= 0.6 is 27.5 Å². The van der Waals surface area contributed by atoms with Crippen LogP contribution in [0.3, 0.4) is 0 Å². The molecule has 0 radical (unpaired) electrons. The Morgan fingerprint density at radius 3 is 2.47 bits per heavy atom. The highest BCUT2D eigenvalue weighted by molar-refractivity contribution is 9.10. The second-order valence-electron chi connectivity index (χ2n) is 4.80. The van der Waals surface area contributed by atoms with Gasteiger partial charge in [-0.2, -0.15) is 0 Å². The first-order valence-corrected chi connectivity index (χ1v) is 7.13. The Morgan fingerprint density at radius 1 is 1.29 bits per heavy atom. The normalized spacial score (nSPS) is 27.7. The van der Waals surface area contributed by atoms with Crippen molar-refractivity contribution in [1.29, 1.82) is 0 Å². The maximum Gasteiger partial charge on any atom is 0.162 e. The summed E-state index contributed by atoms with van der Waals surface area (Å²) in [7, 11) is 0. The third-order valence-electron chi connectivity index (χ3n) is 3.51. The molecular weight excluding hydrogens is 303 g/mol. The molecule has 3 unspecified atom stereocenters. The van der Waals surface area contributed by atoms with E-state index in [0.717, 1.165) is 27.5 Å². The van der Waals surface area contributed by atoms with Crippen LogP contribution in [0, 0.1) is 11.8 Å². The van der Waals surface area contributed by atoms with E-state index in [1.165, 1.54) is 6.42 Å². The molecule has 0 spiro atoms. The van der Waals surface area contributed by atoms with Crippen molar-refractivity contribution in [2.24, 2.45) is 11.8 Å². The summed E-state index contributed by atoms with van der Waals surface area (Å²) in [6.45, 7) is 3.47. The molecule has 1 aromatic rings. The molecule has 1 fully saturated rings. The van der Waals surface area contributed by atoms with E-state index < -0.39 is 0 Å². The molecule has 0 aromatic heterocycles. The number of ether oxygens (including phenoxy) is 2. The lowest BCUT2D eigenvalue weighted by atomic mass is 10.1. The lowest BCUT2D eigenvalue weighted by Crippen LogP contribution is -2.15. The summed E-state index contributed by atoms with van der Waals surface area (Å²) in [5, 5.41) is 0.0650. The maximum atomic E-state index is 6.52. The molecule has 3 rings (SSSR count). The summed E-state index contributed by atoms with van der Waals surface area (Å²) in [6.07, 6.45) is 1.22. The predicted octanol–water partition coefficient (Wildman–Crippen LogP) is 4.16. The molecule has 4 heteroatoms. The van der Waals surface area contributed by atoms with Gasteiger partial charge in [0, 0.05) is 4.47 Å².